The van der Waals surface area contributed by atoms with Gasteiger partial charge in [0.25, 0.3) is 11.8 Å². The fourth-order valence-corrected chi connectivity index (χ4v) is 4.90. The van der Waals surface area contributed by atoms with E-state index in [-0.39, 0.29) is 30.0 Å². The summed E-state index contributed by atoms with van der Waals surface area (Å²) in [6.07, 6.45) is 2.32. The molecule has 2 N–H and O–H groups in total. The zero-order valence-corrected chi connectivity index (χ0v) is 24.9. The molecule has 1 aliphatic carbocycles. The summed E-state index contributed by atoms with van der Waals surface area (Å²) in [6, 6.07) is 9.28. The molecule has 0 spiro atoms. The molecule has 3 amide bonds. The largest absolute Gasteiger partial charge is 0.496 e. The zero-order valence-electron chi connectivity index (χ0n) is 24.9. The summed E-state index contributed by atoms with van der Waals surface area (Å²) in [5.41, 5.74) is 0.417. The molecular formula is C32H40FN3O5. The minimum Gasteiger partial charge on any atom is -0.496 e. The second-order valence-electron chi connectivity index (χ2n) is 12.1. The number of furan rings is 1. The average molecular weight is 566 g/mol. The van der Waals surface area contributed by atoms with E-state index in [9.17, 15) is 18.8 Å². The number of ether oxygens (including phenoxy) is 1. The molecule has 1 unspecified atom stereocenters. The first kappa shape index (κ1) is 30.1. The van der Waals surface area contributed by atoms with Gasteiger partial charge in [-0.2, -0.15) is 0 Å². The van der Waals surface area contributed by atoms with E-state index in [1.54, 1.807) is 30.0 Å². The van der Waals surface area contributed by atoms with Crippen LogP contribution in [0.1, 0.15) is 85.9 Å². The van der Waals surface area contributed by atoms with Crippen molar-refractivity contribution in [3.05, 3.63) is 64.7 Å². The Bertz CT molecular complexity index is 1470. The van der Waals surface area contributed by atoms with E-state index in [0.717, 1.165) is 18.2 Å². The van der Waals surface area contributed by atoms with Gasteiger partial charge in [0.1, 0.15) is 22.7 Å². The Balaban J connectivity index is 1.63. The van der Waals surface area contributed by atoms with Crippen molar-refractivity contribution in [2.45, 2.75) is 78.4 Å². The maximum Gasteiger partial charge on any atom is 0.290 e. The molecular weight excluding hydrogens is 525 g/mol. The lowest BCUT2D eigenvalue weighted by Gasteiger charge is -2.39. The standard InChI is InChI=1S/C32H40FN3O5/c1-8-32(6,30(39)34-17-22-15-23(33)12-14-25(22)40-7)36(18-20-9-10-20)29(38)27-19(2)24-13-11-21(16-26(24)41-27)28(37)35-31(3,4)5/h11-16,20H,8-10,17-18H2,1-7H3,(H,34,39)(H,35,37). The second-order valence-corrected chi connectivity index (χ2v) is 12.1. The maximum atomic E-state index is 14.1. The van der Waals surface area contributed by atoms with Crippen LogP contribution in [-0.2, 0) is 11.3 Å². The van der Waals surface area contributed by atoms with Gasteiger partial charge >= 0.3 is 0 Å². The molecule has 0 aliphatic heterocycles. The Morgan fingerprint density at radius 2 is 1.80 bits per heavy atom. The number of nitrogens with zero attached hydrogens (tertiary/aromatic N) is 1. The van der Waals surface area contributed by atoms with Crippen LogP contribution in [0.15, 0.2) is 40.8 Å². The second kappa shape index (κ2) is 11.5. The Kier molecular flexibility index (Phi) is 8.47. The first-order chi connectivity index (χ1) is 19.3. The maximum absolute atomic E-state index is 14.1. The van der Waals surface area contributed by atoms with Gasteiger partial charge in [-0.25, -0.2) is 4.39 Å². The highest BCUT2D eigenvalue weighted by Crippen LogP contribution is 2.36. The summed E-state index contributed by atoms with van der Waals surface area (Å²) >= 11 is 0. The van der Waals surface area contributed by atoms with Crippen molar-refractivity contribution in [1.29, 1.82) is 0 Å². The van der Waals surface area contributed by atoms with E-state index >= 15 is 0 Å². The van der Waals surface area contributed by atoms with Crippen LogP contribution in [0.25, 0.3) is 11.0 Å². The van der Waals surface area contributed by atoms with E-state index in [2.05, 4.69) is 10.6 Å². The topological polar surface area (TPSA) is 101 Å². The van der Waals surface area contributed by atoms with E-state index in [0.29, 0.717) is 46.9 Å². The number of nitrogens with one attached hydrogen (secondary N) is 2. The van der Waals surface area contributed by atoms with Crippen LogP contribution < -0.4 is 15.4 Å². The number of benzene rings is 2. The van der Waals surface area contributed by atoms with Crippen LogP contribution in [0.3, 0.4) is 0 Å². The fourth-order valence-electron chi connectivity index (χ4n) is 4.90. The molecule has 1 saturated carbocycles. The molecule has 4 rings (SSSR count). The van der Waals surface area contributed by atoms with Gasteiger partial charge in [-0.1, -0.05) is 13.0 Å². The van der Waals surface area contributed by atoms with Gasteiger partial charge < -0.3 is 24.7 Å². The molecule has 41 heavy (non-hydrogen) atoms. The lowest BCUT2D eigenvalue weighted by atomic mass is 9.93. The molecule has 1 heterocycles. The third-order valence-corrected chi connectivity index (χ3v) is 7.72. The van der Waals surface area contributed by atoms with E-state index in [1.807, 2.05) is 34.6 Å². The number of halogens is 1. The minimum absolute atomic E-state index is 0.0455. The van der Waals surface area contributed by atoms with Crippen LogP contribution in [-0.4, -0.2) is 47.4 Å². The summed E-state index contributed by atoms with van der Waals surface area (Å²) in [7, 11) is 1.49. The number of aryl methyl sites for hydroxylation is 1. The monoisotopic (exact) mass is 565 g/mol. The SMILES string of the molecule is CCC(C)(C(=O)NCc1cc(F)ccc1OC)N(CC1CC1)C(=O)c1oc2cc(C(=O)NC(C)(C)C)ccc2c1C. The Labute approximate surface area is 240 Å². The van der Waals surface area contributed by atoms with Gasteiger partial charge in [0, 0.05) is 40.7 Å². The van der Waals surface area contributed by atoms with Crippen molar-refractivity contribution in [2.24, 2.45) is 5.92 Å². The summed E-state index contributed by atoms with van der Waals surface area (Å²) in [5.74, 6) is -0.486. The summed E-state index contributed by atoms with van der Waals surface area (Å²) in [4.78, 5) is 42.2. The Hall–Kier alpha value is -3.88. The van der Waals surface area contributed by atoms with Crippen molar-refractivity contribution >= 4 is 28.7 Å². The highest BCUT2D eigenvalue weighted by atomic mass is 19.1. The first-order valence-electron chi connectivity index (χ1n) is 14.1. The van der Waals surface area contributed by atoms with Crippen molar-refractivity contribution in [1.82, 2.24) is 15.5 Å². The molecule has 1 aliphatic rings. The van der Waals surface area contributed by atoms with Gasteiger partial charge in [-0.3, -0.25) is 14.4 Å². The van der Waals surface area contributed by atoms with Gasteiger partial charge in [0.05, 0.1) is 7.11 Å². The van der Waals surface area contributed by atoms with E-state index in [4.69, 9.17) is 9.15 Å². The molecule has 0 bridgehead atoms. The molecule has 8 nitrogen and oxygen atoms in total. The molecule has 9 heteroatoms. The highest BCUT2D eigenvalue weighted by molar-refractivity contribution is 6.04. The molecule has 0 radical (unpaired) electrons. The summed E-state index contributed by atoms with van der Waals surface area (Å²) < 4.78 is 25.3. The van der Waals surface area contributed by atoms with Crippen molar-refractivity contribution < 1.29 is 27.9 Å². The molecule has 1 aromatic heterocycles. The van der Waals surface area contributed by atoms with Crippen LogP contribution in [0, 0.1) is 18.7 Å². The lowest BCUT2D eigenvalue weighted by molar-refractivity contribution is -0.131. The van der Waals surface area contributed by atoms with Gasteiger partial charge in [0.15, 0.2) is 5.76 Å². The molecule has 1 atom stereocenters. The van der Waals surface area contributed by atoms with Crippen LogP contribution >= 0.6 is 0 Å². The van der Waals surface area contributed by atoms with Crippen molar-refractivity contribution in [2.75, 3.05) is 13.7 Å². The third kappa shape index (κ3) is 6.55. The van der Waals surface area contributed by atoms with Gasteiger partial charge in [-0.05, 0) is 90.1 Å². The Morgan fingerprint density at radius 3 is 2.41 bits per heavy atom. The number of carbonyl (C=O) groups excluding carboxylic acids is 3. The van der Waals surface area contributed by atoms with E-state index in [1.165, 1.54) is 25.3 Å². The predicted molar refractivity (Wildman–Crippen MR) is 155 cm³/mol. The smallest absolute Gasteiger partial charge is 0.290 e. The number of amides is 3. The lowest BCUT2D eigenvalue weighted by Crippen LogP contribution is -2.59. The molecule has 1 fully saturated rings. The van der Waals surface area contributed by atoms with Crippen LogP contribution in [0.2, 0.25) is 0 Å². The van der Waals surface area contributed by atoms with E-state index < -0.39 is 16.9 Å². The number of rotatable bonds is 10. The normalized spacial score (nSPS) is 14.8. The fraction of sp³-hybridized carbons (Fsp3) is 0.469. The quantitative estimate of drug-likeness (QED) is 0.326. The predicted octanol–water partition coefficient (Wildman–Crippen LogP) is 5.75. The van der Waals surface area contributed by atoms with Crippen molar-refractivity contribution in [3.8, 4) is 5.75 Å². The first-order valence-corrected chi connectivity index (χ1v) is 14.1. The van der Waals surface area contributed by atoms with Gasteiger partial charge in [-0.15, -0.1) is 0 Å². The summed E-state index contributed by atoms with van der Waals surface area (Å²) in [5, 5.41) is 6.56. The highest BCUT2D eigenvalue weighted by Gasteiger charge is 2.44. The number of hydrogen-bond acceptors (Lipinski definition) is 5. The number of hydrogen-bond donors (Lipinski definition) is 2. The minimum atomic E-state index is -1.19. The molecule has 0 saturated heterocycles. The number of carbonyl (C=O) groups is 3. The van der Waals surface area contributed by atoms with Gasteiger partial charge in [0.2, 0.25) is 5.91 Å². The number of fused-ring (bicyclic) bond motifs is 1. The van der Waals surface area contributed by atoms with Crippen LogP contribution in [0.4, 0.5) is 4.39 Å². The molecule has 3 aromatic rings. The van der Waals surface area contributed by atoms with Crippen LogP contribution in [0.5, 0.6) is 5.75 Å². The Morgan fingerprint density at radius 1 is 1.10 bits per heavy atom. The number of methoxy groups -OCH3 is 1. The van der Waals surface area contributed by atoms with Crippen molar-refractivity contribution in [3.63, 3.8) is 0 Å². The average Bonchev–Trinajstić information content (AvgIpc) is 3.69. The third-order valence-electron chi connectivity index (χ3n) is 7.72. The summed E-state index contributed by atoms with van der Waals surface area (Å²) in [6.45, 7) is 11.6. The zero-order chi connectivity index (χ0) is 30.1. The molecule has 2 aromatic carbocycles. The molecule has 220 valence electrons.